The lowest BCUT2D eigenvalue weighted by Crippen LogP contribution is -2.21. The van der Waals surface area contributed by atoms with Crippen molar-refractivity contribution in [2.75, 3.05) is 6.54 Å². The van der Waals surface area contributed by atoms with Gasteiger partial charge in [0, 0.05) is 28.1 Å². The zero-order valence-corrected chi connectivity index (χ0v) is 12.3. The number of H-pyrrole nitrogens is 1. The number of aromatic hydroxyl groups is 1. The van der Waals surface area contributed by atoms with Crippen LogP contribution in [0.25, 0.3) is 10.9 Å². The van der Waals surface area contributed by atoms with Crippen LogP contribution >= 0.6 is 0 Å². The van der Waals surface area contributed by atoms with Crippen LogP contribution in [0.1, 0.15) is 22.8 Å². The average molecular weight is 314 g/mol. The van der Waals surface area contributed by atoms with Crippen molar-refractivity contribution in [3.63, 3.8) is 0 Å². The summed E-state index contributed by atoms with van der Waals surface area (Å²) in [4.78, 5) is 25.8. The predicted molar refractivity (Wildman–Crippen MR) is 83.4 cm³/mol. The Balaban J connectivity index is 2.24. The number of aromatic amines is 1. The topological polar surface area (TPSA) is 109 Å². The van der Waals surface area contributed by atoms with Crippen molar-refractivity contribution >= 4 is 10.9 Å². The number of nitro groups is 1. The molecule has 1 aromatic carbocycles. The molecule has 2 heterocycles. The molecule has 0 saturated carbocycles. The van der Waals surface area contributed by atoms with E-state index in [1.165, 1.54) is 13.0 Å². The summed E-state index contributed by atoms with van der Waals surface area (Å²) in [5.41, 5.74) is 0.507. The van der Waals surface area contributed by atoms with Gasteiger partial charge in [-0.3, -0.25) is 10.1 Å². The third-order valence-electron chi connectivity index (χ3n) is 3.77. The van der Waals surface area contributed by atoms with E-state index in [4.69, 9.17) is 4.42 Å². The Kier molecular flexibility index (Phi) is 3.61. The Morgan fingerprint density at radius 2 is 2.13 bits per heavy atom. The highest BCUT2D eigenvalue weighted by molar-refractivity contribution is 5.84. The molecule has 0 aliphatic heterocycles. The van der Waals surface area contributed by atoms with Crippen molar-refractivity contribution in [1.82, 2.24) is 4.98 Å². The molecule has 2 aromatic heterocycles. The molecule has 1 atom stereocenters. The summed E-state index contributed by atoms with van der Waals surface area (Å²) in [5.74, 6) is -0.955. The third kappa shape index (κ3) is 2.68. The predicted octanol–water partition coefficient (Wildman–Crippen LogP) is 2.54. The number of nitrogens with one attached hydrogen (secondary N) is 1. The monoisotopic (exact) mass is 314 g/mol. The first-order valence-electron chi connectivity index (χ1n) is 6.99. The van der Waals surface area contributed by atoms with Crippen LogP contribution in [0.2, 0.25) is 0 Å². The van der Waals surface area contributed by atoms with Gasteiger partial charge >= 0.3 is 5.63 Å². The van der Waals surface area contributed by atoms with Gasteiger partial charge in [-0.25, -0.2) is 4.79 Å². The van der Waals surface area contributed by atoms with Gasteiger partial charge in [0.2, 0.25) is 6.54 Å². The van der Waals surface area contributed by atoms with Crippen LogP contribution in [0.4, 0.5) is 0 Å². The van der Waals surface area contributed by atoms with E-state index in [2.05, 4.69) is 4.98 Å². The first-order chi connectivity index (χ1) is 11.0. The molecule has 3 rings (SSSR count). The van der Waals surface area contributed by atoms with E-state index in [0.29, 0.717) is 5.56 Å². The van der Waals surface area contributed by atoms with E-state index >= 15 is 0 Å². The van der Waals surface area contributed by atoms with Gasteiger partial charge in [-0.05, 0) is 18.6 Å². The number of para-hydroxylation sites is 1. The number of aromatic nitrogens is 1. The molecule has 7 nitrogen and oxygen atoms in total. The molecule has 0 unspecified atom stereocenters. The number of fused-ring (bicyclic) bond motifs is 1. The third-order valence-corrected chi connectivity index (χ3v) is 3.77. The summed E-state index contributed by atoms with van der Waals surface area (Å²) in [7, 11) is 0. The zero-order chi connectivity index (χ0) is 16.6. The van der Waals surface area contributed by atoms with E-state index in [1.807, 2.05) is 12.1 Å². The number of rotatable bonds is 4. The van der Waals surface area contributed by atoms with Crippen molar-refractivity contribution in [2.45, 2.75) is 12.8 Å². The fraction of sp³-hybridized carbons (Fsp3) is 0.188. The van der Waals surface area contributed by atoms with Gasteiger partial charge < -0.3 is 14.5 Å². The fourth-order valence-electron chi connectivity index (χ4n) is 2.80. The van der Waals surface area contributed by atoms with Crippen LogP contribution in [0.3, 0.4) is 0 Å². The summed E-state index contributed by atoms with van der Waals surface area (Å²) < 4.78 is 5.01. The lowest BCUT2D eigenvalue weighted by atomic mass is 9.91. The van der Waals surface area contributed by atoms with Gasteiger partial charge in [-0.15, -0.1) is 0 Å². The molecule has 2 N–H and O–H groups in total. The SMILES string of the molecule is Cc1cc(O)c([C@@H](C[N+](=O)[O-])c2c[nH]c3ccccc23)c(=O)o1. The molecular weight excluding hydrogens is 300 g/mol. The first kappa shape index (κ1) is 14.8. The van der Waals surface area contributed by atoms with Crippen molar-refractivity contribution in [3.8, 4) is 5.75 Å². The maximum Gasteiger partial charge on any atom is 0.343 e. The van der Waals surface area contributed by atoms with E-state index < -0.39 is 23.0 Å². The van der Waals surface area contributed by atoms with Gasteiger partial charge in [-0.2, -0.15) is 0 Å². The second-order valence-corrected chi connectivity index (χ2v) is 5.30. The van der Waals surface area contributed by atoms with Crippen molar-refractivity contribution in [3.05, 3.63) is 74.0 Å². The van der Waals surface area contributed by atoms with E-state index in [0.717, 1.165) is 10.9 Å². The molecule has 0 amide bonds. The summed E-state index contributed by atoms with van der Waals surface area (Å²) in [6, 6.07) is 8.57. The Morgan fingerprint density at radius 3 is 2.83 bits per heavy atom. The zero-order valence-electron chi connectivity index (χ0n) is 12.3. The Labute approximate surface area is 130 Å². The number of hydrogen-bond acceptors (Lipinski definition) is 5. The minimum atomic E-state index is -0.905. The number of nitrogens with zero attached hydrogens (tertiary/aromatic N) is 1. The van der Waals surface area contributed by atoms with Crippen LogP contribution in [0.15, 0.2) is 45.7 Å². The van der Waals surface area contributed by atoms with E-state index in [-0.39, 0.29) is 17.1 Å². The Bertz CT molecular complexity index is 941. The van der Waals surface area contributed by atoms with Crippen LogP contribution in [0, 0.1) is 17.0 Å². The molecule has 7 heteroatoms. The molecule has 0 fully saturated rings. The lowest BCUT2D eigenvalue weighted by Gasteiger charge is -2.13. The molecule has 0 aliphatic carbocycles. The van der Waals surface area contributed by atoms with Crippen LogP contribution in [-0.2, 0) is 0 Å². The van der Waals surface area contributed by atoms with Crippen molar-refractivity contribution in [1.29, 1.82) is 0 Å². The smallest absolute Gasteiger partial charge is 0.343 e. The molecule has 0 bridgehead atoms. The normalized spacial score (nSPS) is 12.4. The Morgan fingerprint density at radius 1 is 1.39 bits per heavy atom. The first-order valence-corrected chi connectivity index (χ1v) is 6.99. The molecule has 0 aliphatic rings. The number of benzene rings is 1. The molecule has 0 spiro atoms. The highest BCUT2D eigenvalue weighted by Crippen LogP contribution is 2.33. The highest BCUT2D eigenvalue weighted by Gasteiger charge is 2.29. The fourth-order valence-corrected chi connectivity index (χ4v) is 2.80. The average Bonchev–Trinajstić information content (AvgIpc) is 2.88. The molecule has 23 heavy (non-hydrogen) atoms. The molecule has 118 valence electrons. The second-order valence-electron chi connectivity index (χ2n) is 5.30. The van der Waals surface area contributed by atoms with Gasteiger partial charge in [-0.1, -0.05) is 18.2 Å². The summed E-state index contributed by atoms with van der Waals surface area (Å²) in [6.45, 7) is 1.00. The van der Waals surface area contributed by atoms with Gasteiger partial charge in [0.15, 0.2) is 0 Å². The molecular formula is C16H14N2O5. The second kappa shape index (κ2) is 5.60. The number of aryl methyl sites for hydroxylation is 1. The molecule has 0 saturated heterocycles. The van der Waals surface area contributed by atoms with Crippen molar-refractivity contribution < 1.29 is 14.4 Å². The lowest BCUT2D eigenvalue weighted by molar-refractivity contribution is -0.481. The number of hydrogen-bond donors (Lipinski definition) is 2. The maximum atomic E-state index is 12.2. The van der Waals surface area contributed by atoms with Crippen molar-refractivity contribution in [2.24, 2.45) is 0 Å². The van der Waals surface area contributed by atoms with E-state index in [1.54, 1.807) is 18.3 Å². The molecule has 3 aromatic rings. The summed E-state index contributed by atoms with van der Waals surface area (Å²) >= 11 is 0. The van der Waals surface area contributed by atoms with Gasteiger partial charge in [0.05, 0.1) is 11.5 Å². The molecule has 0 radical (unpaired) electrons. The highest BCUT2D eigenvalue weighted by atomic mass is 16.6. The largest absolute Gasteiger partial charge is 0.507 e. The Hall–Kier alpha value is -3.09. The van der Waals surface area contributed by atoms with Crippen LogP contribution < -0.4 is 5.63 Å². The van der Waals surface area contributed by atoms with Gasteiger partial charge in [0.25, 0.3) is 0 Å². The minimum absolute atomic E-state index is 0.1000. The summed E-state index contributed by atoms with van der Waals surface area (Å²) in [5, 5.41) is 22.0. The standard InChI is InChI=1S/C16H14N2O5/c1-9-6-14(19)15(16(20)23-9)12(8-18(21)22)11-7-17-13-5-3-2-4-10(11)13/h2-7,12,17,19H,8H2,1H3/t12-/m0/s1. The minimum Gasteiger partial charge on any atom is -0.507 e. The van der Waals surface area contributed by atoms with Crippen LogP contribution in [0.5, 0.6) is 5.75 Å². The van der Waals surface area contributed by atoms with Gasteiger partial charge in [0.1, 0.15) is 11.5 Å². The quantitative estimate of drug-likeness (QED) is 0.568. The summed E-state index contributed by atoms with van der Waals surface area (Å²) in [6.07, 6.45) is 1.62. The maximum absolute atomic E-state index is 12.2. The van der Waals surface area contributed by atoms with Crippen LogP contribution in [-0.4, -0.2) is 21.6 Å². The van der Waals surface area contributed by atoms with E-state index in [9.17, 15) is 20.0 Å².